The molecule has 0 amide bonds. The SMILES string of the molecule is C/C=C(\N)c1ccccc1-c1ccc2cc3c(cc2c1)C1(c2ccccc2-c2ccccc21)c1cc2ccccc2cc1-3. The van der Waals surface area contributed by atoms with E-state index in [1.807, 2.05) is 13.0 Å². The van der Waals surface area contributed by atoms with Gasteiger partial charge < -0.3 is 5.73 Å². The van der Waals surface area contributed by atoms with E-state index in [0.29, 0.717) is 0 Å². The van der Waals surface area contributed by atoms with Crippen LogP contribution in [-0.2, 0) is 5.41 Å². The topological polar surface area (TPSA) is 26.0 Å². The molecule has 1 spiro atoms. The summed E-state index contributed by atoms with van der Waals surface area (Å²) in [6, 6.07) is 51.9. The van der Waals surface area contributed by atoms with Crippen LogP contribution in [0.1, 0.15) is 34.7 Å². The summed E-state index contributed by atoms with van der Waals surface area (Å²) in [4.78, 5) is 0. The second kappa shape index (κ2) is 8.80. The van der Waals surface area contributed by atoms with Gasteiger partial charge in [0.25, 0.3) is 0 Å². The van der Waals surface area contributed by atoms with Crippen molar-refractivity contribution in [3.05, 3.63) is 173 Å². The Bertz CT molecular complexity index is 2270. The highest BCUT2D eigenvalue weighted by atomic mass is 14.6. The van der Waals surface area contributed by atoms with Gasteiger partial charge in [0, 0.05) is 11.3 Å². The lowest BCUT2D eigenvalue weighted by Crippen LogP contribution is -2.25. The molecule has 0 heterocycles. The number of nitrogens with two attached hydrogens (primary N) is 1. The van der Waals surface area contributed by atoms with Crippen molar-refractivity contribution in [2.24, 2.45) is 5.73 Å². The lowest BCUT2D eigenvalue weighted by molar-refractivity contribution is 0.796. The van der Waals surface area contributed by atoms with Gasteiger partial charge in [-0.25, -0.2) is 0 Å². The van der Waals surface area contributed by atoms with Gasteiger partial charge in [0.2, 0.25) is 0 Å². The molecule has 43 heavy (non-hydrogen) atoms. The number of allylic oxidation sites excluding steroid dienone is 1. The van der Waals surface area contributed by atoms with Crippen molar-refractivity contribution in [2.75, 3.05) is 0 Å². The number of hydrogen-bond acceptors (Lipinski definition) is 1. The molecule has 0 aliphatic heterocycles. The molecule has 2 N–H and O–H groups in total. The fourth-order valence-corrected chi connectivity index (χ4v) is 7.87. The van der Waals surface area contributed by atoms with Crippen molar-refractivity contribution in [1.29, 1.82) is 0 Å². The first-order valence-corrected chi connectivity index (χ1v) is 15.0. The third-order valence-electron chi connectivity index (χ3n) is 9.77. The van der Waals surface area contributed by atoms with Crippen LogP contribution in [0.2, 0.25) is 0 Å². The van der Waals surface area contributed by atoms with Crippen molar-refractivity contribution in [1.82, 2.24) is 0 Å². The number of hydrogen-bond donors (Lipinski definition) is 1. The summed E-state index contributed by atoms with van der Waals surface area (Å²) in [6.45, 7) is 1.99. The number of rotatable bonds is 2. The molecule has 0 saturated heterocycles. The largest absolute Gasteiger partial charge is 0.398 e. The van der Waals surface area contributed by atoms with E-state index in [1.54, 1.807) is 0 Å². The Kier molecular flexibility index (Phi) is 4.96. The summed E-state index contributed by atoms with van der Waals surface area (Å²) >= 11 is 0. The highest BCUT2D eigenvalue weighted by Crippen LogP contribution is 2.63. The van der Waals surface area contributed by atoms with E-state index in [0.717, 1.165) is 16.8 Å². The first-order valence-electron chi connectivity index (χ1n) is 15.0. The molecule has 2 aliphatic carbocycles. The van der Waals surface area contributed by atoms with Gasteiger partial charge in [-0.2, -0.15) is 0 Å². The van der Waals surface area contributed by atoms with Crippen LogP contribution in [-0.4, -0.2) is 0 Å². The Balaban J connectivity index is 1.39. The summed E-state index contributed by atoms with van der Waals surface area (Å²) in [7, 11) is 0. The molecule has 2 aliphatic rings. The Morgan fingerprint density at radius 2 is 0.977 bits per heavy atom. The van der Waals surface area contributed by atoms with Gasteiger partial charge in [0.05, 0.1) is 5.41 Å². The molecule has 1 heteroatoms. The van der Waals surface area contributed by atoms with Crippen molar-refractivity contribution >= 4 is 27.2 Å². The van der Waals surface area contributed by atoms with Crippen LogP contribution < -0.4 is 5.73 Å². The Morgan fingerprint density at radius 3 is 1.63 bits per heavy atom. The van der Waals surface area contributed by atoms with Gasteiger partial charge in [0.15, 0.2) is 0 Å². The number of benzene rings is 7. The van der Waals surface area contributed by atoms with E-state index in [2.05, 4.69) is 140 Å². The van der Waals surface area contributed by atoms with Crippen LogP contribution >= 0.6 is 0 Å². The van der Waals surface area contributed by atoms with Gasteiger partial charge in [0.1, 0.15) is 0 Å². The first kappa shape index (κ1) is 24.2. The summed E-state index contributed by atoms with van der Waals surface area (Å²) < 4.78 is 0. The van der Waals surface area contributed by atoms with Crippen LogP contribution in [0.25, 0.3) is 60.6 Å². The maximum atomic E-state index is 6.44. The van der Waals surface area contributed by atoms with E-state index < -0.39 is 0 Å². The molecule has 0 bridgehead atoms. The molecule has 9 rings (SSSR count). The second-order valence-corrected chi connectivity index (χ2v) is 11.8. The molecule has 7 aromatic carbocycles. The standard InChI is InChI=1S/C42H29N/c1-2-41(43)34-16-6-5-13-31(34)29-20-19-28-23-36-35-22-26-11-3-4-12-27(26)24-39(35)42(40(36)25-30(28)21-29)37-17-9-7-14-32(37)33-15-8-10-18-38(33)42/h2-25H,43H2,1H3/b41-2-. The normalized spacial score (nSPS) is 14.1. The smallest absolute Gasteiger partial charge is 0.0725 e. The molecule has 0 unspecified atom stereocenters. The van der Waals surface area contributed by atoms with Crippen molar-refractivity contribution in [3.63, 3.8) is 0 Å². The third-order valence-corrected chi connectivity index (χ3v) is 9.77. The Morgan fingerprint density at radius 1 is 0.465 bits per heavy atom. The minimum atomic E-state index is -0.376. The molecule has 0 aromatic heterocycles. The lowest BCUT2D eigenvalue weighted by Gasteiger charge is -2.30. The summed E-state index contributed by atoms with van der Waals surface area (Å²) in [5.41, 5.74) is 21.0. The van der Waals surface area contributed by atoms with E-state index >= 15 is 0 Å². The van der Waals surface area contributed by atoms with Crippen LogP contribution in [0.3, 0.4) is 0 Å². The summed E-state index contributed by atoms with van der Waals surface area (Å²) in [5, 5.41) is 5.04. The van der Waals surface area contributed by atoms with Crippen LogP contribution in [0.15, 0.2) is 146 Å². The minimum Gasteiger partial charge on any atom is -0.398 e. The zero-order valence-electron chi connectivity index (χ0n) is 23.9. The highest BCUT2D eigenvalue weighted by molar-refractivity contribution is 6.04. The zero-order valence-corrected chi connectivity index (χ0v) is 23.9. The van der Waals surface area contributed by atoms with Gasteiger partial charge in [-0.3, -0.25) is 0 Å². The fourth-order valence-electron chi connectivity index (χ4n) is 7.87. The average molecular weight is 548 g/mol. The van der Waals surface area contributed by atoms with Gasteiger partial charge in [-0.15, -0.1) is 0 Å². The second-order valence-electron chi connectivity index (χ2n) is 11.8. The molecule has 0 saturated carbocycles. The number of fused-ring (bicyclic) bond motifs is 12. The lowest BCUT2D eigenvalue weighted by atomic mass is 9.70. The monoisotopic (exact) mass is 547 g/mol. The van der Waals surface area contributed by atoms with Gasteiger partial charge >= 0.3 is 0 Å². The predicted molar refractivity (Wildman–Crippen MR) is 181 cm³/mol. The Hall–Kier alpha value is -5.40. The van der Waals surface area contributed by atoms with E-state index in [-0.39, 0.29) is 5.41 Å². The molecular weight excluding hydrogens is 518 g/mol. The molecule has 1 nitrogen and oxygen atoms in total. The Labute approximate surface area is 251 Å². The van der Waals surface area contributed by atoms with Crippen molar-refractivity contribution in [3.8, 4) is 33.4 Å². The molecule has 0 atom stereocenters. The summed E-state index contributed by atoms with van der Waals surface area (Å²) in [5.74, 6) is 0. The van der Waals surface area contributed by atoms with E-state index in [1.165, 1.54) is 71.6 Å². The minimum absolute atomic E-state index is 0.376. The van der Waals surface area contributed by atoms with Crippen LogP contribution in [0.5, 0.6) is 0 Å². The third kappa shape index (κ3) is 3.17. The van der Waals surface area contributed by atoms with Crippen molar-refractivity contribution in [2.45, 2.75) is 12.3 Å². The summed E-state index contributed by atoms with van der Waals surface area (Å²) in [6.07, 6.45) is 1.98. The average Bonchev–Trinajstić information content (AvgIpc) is 3.52. The zero-order chi connectivity index (χ0) is 28.7. The molecule has 0 fully saturated rings. The molecule has 202 valence electrons. The fraction of sp³-hybridized carbons (Fsp3) is 0.0476. The maximum absolute atomic E-state index is 6.44. The molecule has 7 aromatic rings. The maximum Gasteiger partial charge on any atom is 0.0725 e. The van der Waals surface area contributed by atoms with E-state index in [4.69, 9.17) is 5.73 Å². The van der Waals surface area contributed by atoms with E-state index in [9.17, 15) is 0 Å². The molecular formula is C42H29N. The quantitative estimate of drug-likeness (QED) is 0.229. The predicted octanol–water partition coefficient (Wildman–Crippen LogP) is 10.3. The van der Waals surface area contributed by atoms with Crippen molar-refractivity contribution < 1.29 is 0 Å². The van der Waals surface area contributed by atoms with Crippen LogP contribution in [0.4, 0.5) is 0 Å². The molecule has 0 radical (unpaired) electrons. The first-order chi connectivity index (χ1) is 21.2. The van der Waals surface area contributed by atoms with Crippen LogP contribution in [0, 0.1) is 0 Å². The van der Waals surface area contributed by atoms with Gasteiger partial charge in [-0.1, -0.05) is 115 Å². The van der Waals surface area contributed by atoms with Gasteiger partial charge in [-0.05, 0) is 114 Å². The highest BCUT2D eigenvalue weighted by Gasteiger charge is 2.51.